The number of benzene rings is 1. The van der Waals surface area contributed by atoms with Crippen molar-refractivity contribution in [2.45, 2.75) is 12.8 Å². The Bertz CT molecular complexity index is 408. The number of likely N-dealkylation sites (tertiary alicyclic amines) is 1. The van der Waals surface area contributed by atoms with Gasteiger partial charge in [-0.25, -0.2) is 0 Å². The van der Waals surface area contributed by atoms with Gasteiger partial charge in [-0.15, -0.1) is 0 Å². The van der Waals surface area contributed by atoms with E-state index in [1.165, 1.54) is 5.56 Å². The summed E-state index contributed by atoms with van der Waals surface area (Å²) in [5, 5.41) is 0.923. The molecule has 1 heterocycles. The first-order valence-corrected chi connectivity index (χ1v) is 7.68. The molecule has 1 aliphatic heterocycles. The molecule has 0 saturated carbocycles. The molecular formula is C13H15Br2NO. The lowest BCUT2D eigenvalue weighted by atomic mass is 10.1. The zero-order valence-electron chi connectivity index (χ0n) is 9.53. The van der Waals surface area contributed by atoms with Gasteiger partial charge in [0, 0.05) is 29.3 Å². The highest BCUT2D eigenvalue weighted by Gasteiger charge is 2.28. The van der Waals surface area contributed by atoms with Crippen molar-refractivity contribution in [2.75, 3.05) is 18.4 Å². The van der Waals surface area contributed by atoms with Gasteiger partial charge in [-0.3, -0.25) is 4.79 Å². The topological polar surface area (TPSA) is 20.3 Å². The molecule has 0 aliphatic carbocycles. The minimum atomic E-state index is 0.296. The molecule has 2 rings (SSSR count). The number of hydrogen-bond donors (Lipinski definition) is 0. The number of rotatable bonds is 4. The maximum absolute atomic E-state index is 11.7. The molecule has 1 saturated heterocycles. The van der Waals surface area contributed by atoms with Crippen molar-refractivity contribution in [3.63, 3.8) is 0 Å². The standard InChI is InChI=1S/C13H15Br2NO/c14-8-11-7-13(17)16(9-11)5-4-10-2-1-3-12(15)6-10/h1-3,6,11H,4-5,7-9H2. The van der Waals surface area contributed by atoms with Gasteiger partial charge in [-0.1, -0.05) is 44.0 Å². The van der Waals surface area contributed by atoms with Gasteiger partial charge in [0.25, 0.3) is 0 Å². The average molecular weight is 361 g/mol. The van der Waals surface area contributed by atoms with Gasteiger partial charge in [0.15, 0.2) is 0 Å². The van der Waals surface area contributed by atoms with Crippen LogP contribution in [0.4, 0.5) is 0 Å². The molecule has 4 heteroatoms. The summed E-state index contributed by atoms with van der Waals surface area (Å²) >= 11 is 6.91. The van der Waals surface area contributed by atoms with E-state index in [4.69, 9.17) is 0 Å². The number of halogens is 2. The Morgan fingerprint density at radius 1 is 1.41 bits per heavy atom. The second kappa shape index (κ2) is 6.01. The largest absolute Gasteiger partial charge is 0.342 e. The van der Waals surface area contributed by atoms with Crippen molar-refractivity contribution >= 4 is 37.8 Å². The van der Waals surface area contributed by atoms with Crippen LogP contribution < -0.4 is 0 Å². The van der Waals surface area contributed by atoms with Crippen molar-refractivity contribution in [1.82, 2.24) is 4.90 Å². The number of amides is 1. The molecule has 1 unspecified atom stereocenters. The molecule has 0 N–H and O–H groups in total. The monoisotopic (exact) mass is 359 g/mol. The Morgan fingerprint density at radius 2 is 2.24 bits per heavy atom. The molecule has 1 aromatic rings. The molecule has 17 heavy (non-hydrogen) atoms. The van der Waals surface area contributed by atoms with Crippen molar-refractivity contribution in [1.29, 1.82) is 0 Å². The van der Waals surface area contributed by atoms with Crippen LogP contribution in [0.1, 0.15) is 12.0 Å². The first-order chi connectivity index (χ1) is 8.19. The summed E-state index contributed by atoms with van der Waals surface area (Å²) in [5.74, 6) is 0.787. The van der Waals surface area contributed by atoms with Gasteiger partial charge in [0.05, 0.1) is 0 Å². The first-order valence-electron chi connectivity index (χ1n) is 5.77. The van der Waals surface area contributed by atoms with E-state index in [-0.39, 0.29) is 0 Å². The van der Waals surface area contributed by atoms with E-state index in [0.717, 1.165) is 29.3 Å². The molecule has 92 valence electrons. The first kappa shape index (κ1) is 13.1. The Kier molecular flexibility index (Phi) is 4.62. The molecule has 1 aliphatic rings. The van der Waals surface area contributed by atoms with E-state index in [1.807, 2.05) is 17.0 Å². The van der Waals surface area contributed by atoms with Crippen LogP contribution in [0.2, 0.25) is 0 Å². The predicted molar refractivity (Wildman–Crippen MR) is 76.3 cm³/mol. The predicted octanol–water partition coefficient (Wildman–Crippen LogP) is 3.24. The molecule has 1 atom stereocenters. The van der Waals surface area contributed by atoms with E-state index in [9.17, 15) is 4.79 Å². The molecule has 0 radical (unpaired) electrons. The lowest BCUT2D eigenvalue weighted by Crippen LogP contribution is -2.27. The van der Waals surface area contributed by atoms with Crippen LogP contribution in [0.5, 0.6) is 0 Å². The lowest BCUT2D eigenvalue weighted by Gasteiger charge is -2.16. The minimum Gasteiger partial charge on any atom is -0.342 e. The van der Waals surface area contributed by atoms with Gasteiger partial charge < -0.3 is 4.90 Å². The van der Waals surface area contributed by atoms with Gasteiger partial charge in [-0.2, -0.15) is 0 Å². The third-order valence-electron chi connectivity index (χ3n) is 3.07. The van der Waals surface area contributed by atoms with E-state index in [2.05, 4.69) is 44.0 Å². The van der Waals surface area contributed by atoms with Crippen LogP contribution in [0, 0.1) is 5.92 Å². The summed E-state index contributed by atoms with van der Waals surface area (Å²) in [4.78, 5) is 13.7. The van der Waals surface area contributed by atoms with Crippen LogP contribution in [-0.2, 0) is 11.2 Å². The SMILES string of the molecule is O=C1CC(CBr)CN1CCc1cccc(Br)c1. The minimum absolute atomic E-state index is 0.296. The molecule has 2 nitrogen and oxygen atoms in total. The van der Waals surface area contributed by atoms with Gasteiger partial charge in [0.1, 0.15) is 0 Å². The maximum Gasteiger partial charge on any atom is 0.222 e. The van der Waals surface area contributed by atoms with Gasteiger partial charge >= 0.3 is 0 Å². The average Bonchev–Trinajstić information content (AvgIpc) is 2.68. The fourth-order valence-electron chi connectivity index (χ4n) is 2.13. The molecule has 1 amide bonds. The quantitative estimate of drug-likeness (QED) is 0.755. The van der Waals surface area contributed by atoms with E-state index in [0.29, 0.717) is 18.2 Å². The fourth-order valence-corrected chi connectivity index (χ4v) is 3.01. The highest BCUT2D eigenvalue weighted by molar-refractivity contribution is 9.10. The molecule has 0 aromatic heterocycles. The fraction of sp³-hybridized carbons (Fsp3) is 0.462. The van der Waals surface area contributed by atoms with E-state index >= 15 is 0 Å². The molecular weight excluding hydrogens is 346 g/mol. The van der Waals surface area contributed by atoms with E-state index < -0.39 is 0 Å². The molecule has 0 spiro atoms. The summed E-state index contributed by atoms with van der Waals surface area (Å²) in [6.07, 6.45) is 1.63. The molecule has 1 aromatic carbocycles. The molecule has 1 fully saturated rings. The number of carbonyl (C=O) groups is 1. The smallest absolute Gasteiger partial charge is 0.222 e. The van der Waals surface area contributed by atoms with Crippen LogP contribution in [0.3, 0.4) is 0 Å². The Labute approximate surface area is 119 Å². The second-order valence-electron chi connectivity index (χ2n) is 4.44. The van der Waals surface area contributed by atoms with Crippen molar-refractivity contribution in [3.05, 3.63) is 34.3 Å². The lowest BCUT2D eigenvalue weighted by molar-refractivity contribution is -0.127. The van der Waals surface area contributed by atoms with Gasteiger partial charge in [-0.05, 0) is 30.0 Å². The number of carbonyl (C=O) groups excluding carboxylic acids is 1. The van der Waals surface area contributed by atoms with Crippen LogP contribution >= 0.6 is 31.9 Å². The zero-order chi connectivity index (χ0) is 12.3. The summed E-state index contributed by atoms with van der Waals surface area (Å²) in [7, 11) is 0. The maximum atomic E-state index is 11.7. The number of nitrogens with zero attached hydrogens (tertiary/aromatic N) is 1. The summed E-state index contributed by atoms with van der Waals surface area (Å²) < 4.78 is 1.10. The van der Waals surface area contributed by atoms with E-state index in [1.54, 1.807) is 0 Å². The van der Waals surface area contributed by atoms with Crippen LogP contribution in [-0.4, -0.2) is 29.2 Å². The third-order valence-corrected chi connectivity index (χ3v) is 4.48. The number of hydrogen-bond acceptors (Lipinski definition) is 1. The second-order valence-corrected chi connectivity index (χ2v) is 6.01. The third kappa shape index (κ3) is 3.55. The summed E-state index contributed by atoms with van der Waals surface area (Å²) in [6, 6.07) is 8.27. The normalized spacial score (nSPS) is 20.0. The van der Waals surface area contributed by atoms with Gasteiger partial charge in [0.2, 0.25) is 5.91 Å². The Morgan fingerprint density at radius 3 is 2.88 bits per heavy atom. The van der Waals surface area contributed by atoms with Crippen molar-refractivity contribution in [2.24, 2.45) is 5.92 Å². The van der Waals surface area contributed by atoms with Crippen molar-refractivity contribution in [3.8, 4) is 0 Å². The Balaban J connectivity index is 1.88. The van der Waals surface area contributed by atoms with Crippen LogP contribution in [0.25, 0.3) is 0 Å². The Hall–Kier alpha value is -0.350. The highest BCUT2D eigenvalue weighted by Crippen LogP contribution is 2.20. The summed E-state index contributed by atoms with van der Waals surface area (Å²) in [5.41, 5.74) is 1.27. The number of alkyl halides is 1. The van der Waals surface area contributed by atoms with Crippen LogP contribution in [0.15, 0.2) is 28.7 Å². The highest BCUT2D eigenvalue weighted by atomic mass is 79.9. The summed E-state index contributed by atoms with van der Waals surface area (Å²) in [6.45, 7) is 1.73. The zero-order valence-corrected chi connectivity index (χ0v) is 12.7. The van der Waals surface area contributed by atoms with Crippen molar-refractivity contribution < 1.29 is 4.79 Å². The molecule has 0 bridgehead atoms.